The summed E-state index contributed by atoms with van der Waals surface area (Å²) in [6.45, 7) is 0. The molecule has 0 N–H and O–H groups in total. The molecule has 0 aromatic rings. The van der Waals surface area contributed by atoms with E-state index in [1.54, 1.807) is 0 Å². The van der Waals surface area contributed by atoms with Crippen LogP contribution in [-0.4, -0.2) is 0 Å². The van der Waals surface area contributed by atoms with E-state index in [0.717, 1.165) is 0 Å². The predicted octanol–water partition coefficient (Wildman–Crippen LogP) is -2.86. The second kappa shape index (κ2) is 12.0. The fourth-order valence-corrected chi connectivity index (χ4v) is 0. The summed E-state index contributed by atoms with van der Waals surface area (Å²) >= 11 is -8.69. The standard InChI is InChI=1S/6O.2Ta.Zn/q;;;;2*-1;;;+2. The van der Waals surface area contributed by atoms with Crippen LogP contribution in [0.25, 0.3) is 0 Å². The molecule has 0 aromatic carbocycles. The second-order valence-electron chi connectivity index (χ2n) is 0.447. The van der Waals surface area contributed by atoms with Gasteiger partial charge in [-0.25, -0.2) is 0 Å². The van der Waals surface area contributed by atoms with Crippen LogP contribution in [0.5, 0.6) is 0 Å². The smallest absolute Gasteiger partial charge is 2.00 e. The van der Waals surface area contributed by atoms with Crippen molar-refractivity contribution < 1.29 is 77.3 Å². The first kappa shape index (κ1) is 16.7. The molecule has 0 aliphatic heterocycles. The quantitative estimate of drug-likeness (QED) is 0.316. The predicted molar refractivity (Wildman–Crippen MR) is 2.75 cm³/mol. The Labute approximate surface area is 76.6 Å². The molecule has 0 radical (unpaired) electrons. The molecule has 0 aromatic heterocycles. The Balaban J connectivity index is -0.0000000720. The summed E-state index contributed by atoms with van der Waals surface area (Å²) < 4.78 is 51.7. The van der Waals surface area contributed by atoms with Crippen LogP contribution < -0.4 is 7.23 Å². The Morgan fingerprint density at radius 3 is 0.778 bits per heavy atom. The number of rotatable bonds is 0. The van der Waals surface area contributed by atoms with Crippen LogP contribution in [0, 0.1) is 0 Å². The van der Waals surface area contributed by atoms with Gasteiger partial charge in [-0.2, -0.15) is 0 Å². The van der Waals surface area contributed by atoms with Gasteiger partial charge in [0, 0.05) is 0 Å². The minimum atomic E-state index is -4.34. The molecule has 0 fully saturated rings. The topological polar surface area (TPSA) is 114 Å². The van der Waals surface area contributed by atoms with E-state index in [2.05, 4.69) is 0 Å². The van der Waals surface area contributed by atoms with Crippen molar-refractivity contribution in [1.29, 1.82) is 0 Å². The summed E-state index contributed by atoms with van der Waals surface area (Å²) in [6.07, 6.45) is 0. The van der Waals surface area contributed by atoms with Gasteiger partial charge in [0.05, 0.1) is 0 Å². The minimum Gasteiger partial charge on any atom is 2.00 e. The van der Waals surface area contributed by atoms with Crippen LogP contribution in [0.2, 0.25) is 0 Å². The zero-order chi connectivity index (χ0) is 7.15. The molecule has 0 atom stereocenters. The fourth-order valence-electron chi connectivity index (χ4n) is 0. The van der Waals surface area contributed by atoms with Crippen LogP contribution in [0.4, 0.5) is 0 Å². The molecule has 9 heteroatoms. The SMILES string of the molecule is [O]=[Ta](=[O])[O-].[O]=[Ta](=[O])[O-].[Zn+2]. The maximum Gasteiger partial charge on any atom is 2.00 e. The monoisotopic (exact) mass is 522 g/mol. The maximum atomic E-state index is 8.62. The minimum absolute atomic E-state index is 0. The molecule has 0 rings (SSSR count). The van der Waals surface area contributed by atoms with Gasteiger partial charge >= 0.3 is 77.3 Å². The van der Waals surface area contributed by atoms with Gasteiger partial charge in [-0.05, 0) is 0 Å². The normalized spacial score (nSPS) is 5.56. The van der Waals surface area contributed by atoms with Gasteiger partial charge in [-0.3, -0.25) is 0 Å². The first-order valence-electron chi connectivity index (χ1n) is 1.10. The first-order valence-corrected chi connectivity index (χ1v) is 8.97. The second-order valence-corrected chi connectivity index (χ2v) is 3.66. The first-order chi connectivity index (χ1) is 3.46. The van der Waals surface area contributed by atoms with Crippen LogP contribution in [0.15, 0.2) is 0 Å². The molecular formula is O6Ta2Zn. The third kappa shape index (κ3) is 321. The molecule has 48 valence electrons. The fraction of sp³-hybridized carbons (Fsp3) is 0. The van der Waals surface area contributed by atoms with Crippen molar-refractivity contribution in [3.63, 3.8) is 0 Å². The summed E-state index contributed by atoms with van der Waals surface area (Å²) in [5, 5.41) is 0. The summed E-state index contributed by atoms with van der Waals surface area (Å²) in [6, 6.07) is 0. The van der Waals surface area contributed by atoms with E-state index >= 15 is 0 Å². The van der Waals surface area contributed by atoms with Crippen molar-refractivity contribution in [3.05, 3.63) is 0 Å². The summed E-state index contributed by atoms with van der Waals surface area (Å²) in [7, 11) is 0. The van der Waals surface area contributed by atoms with E-state index in [1.807, 2.05) is 0 Å². The van der Waals surface area contributed by atoms with Crippen molar-refractivity contribution >= 4 is 0 Å². The van der Waals surface area contributed by atoms with Crippen LogP contribution in [0.1, 0.15) is 0 Å². The molecule has 0 bridgehead atoms. The largest absolute Gasteiger partial charge is 2.00 e. The van der Waals surface area contributed by atoms with E-state index in [9.17, 15) is 0 Å². The zero-order valence-corrected chi connectivity index (χ0v) is 13.4. The third-order valence-corrected chi connectivity index (χ3v) is 0. The van der Waals surface area contributed by atoms with Crippen LogP contribution in [0.3, 0.4) is 0 Å². The van der Waals surface area contributed by atoms with E-state index in [1.165, 1.54) is 0 Å². The van der Waals surface area contributed by atoms with Crippen LogP contribution >= 0.6 is 0 Å². The molecule has 0 aliphatic rings. The summed E-state index contributed by atoms with van der Waals surface area (Å²) in [5.74, 6) is 0. The molecule has 6 nitrogen and oxygen atoms in total. The van der Waals surface area contributed by atoms with E-state index in [-0.39, 0.29) is 19.5 Å². The van der Waals surface area contributed by atoms with Gasteiger partial charge < -0.3 is 0 Å². The van der Waals surface area contributed by atoms with Crippen molar-refractivity contribution in [2.24, 2.45) is 0 Å². The molecular weight excluding hydrogens is 523 g/mol. The summed E-state index contributed by atoms with van der Waals surface area (Å²) in [4.78, 5) is 0. The Morgan fingerprint density at radius 2 is 0.778 bits per heavy atom. The van der Waals surface area contributed by atoms with Gasteiger partial charge in [-0.1, -0.05) is 0 Å². The molecule has 0 heterocycles. The maximum absolute atomic E-state index is 8.62. The average Bonchev–Trinajstić information content (AvgIpc) is 1.25. The molecule has 0 saturated carbocycles. The van der Waals surface area contributed by atoms with Crippen molar-refractivity contribution in [2.45, 2.75) is 0 Å². The van der Waals surface area contributed by atoms with E-state index in [0.29, 0.717) is 0 Å². The van der Waals surface area contributed by atoms with Crippen molar-refractivity contribution in [3.8, 4) is 0 Å². The van der Waals surface area contributed by atoms with Crippen LogP contribution in [-0.2, 0) is 70.0 Å². The molecule has 0 unspecified atom stereocenters. The average molecular weight is 523 g/mol. The number of hydrogen-bond donors (Lipinski definition) is 0. The third-order valence-electron chi connectivity index (χ3n) is 0. The molecule has 0 amide bonds. The summed E-state index contributed by atoms with van der Waals surface area (Å²) in [5.41, 5.74) is 0. The van der Waals surface area contributed by atoms with Crippen molar-refractivity contribution in [2.75, 3.05) is 0 Å². The van der Waals surface area contributed by atoms with Gasteiger partial charge in [0.25, 0.3) is 0 Å². The van der Waals surface area contributed by atoms with E-state index in [4.69, 9.17) is 20.2 Å². The molecule has 9 heavy (non-hydrogen) atoms. The molecule has 0 spiro atoms. The van der Waals surface area contributed by atoms with Gasteiger partial charge in [0.2, 0.25) is 0 Å². The van der Waals surface area contributed by atoms with Gasteiger partial charge in [-0.15, -0.1) is 0 Å². The van der Waals surface area contributed by atoms with E-state index < -0.39 is 37.6 Å². The Bertz CT molecular complexity index is 128. The Kier molecular flexibility index (Phi) is 22.1. The van der Waals surface area contributed by atoms with Gasteiger partial charge in [0.1, 0.15) is 0 Å². The van der Waals surface area contributed by atoms with Gasteiger partial charge in [0.15, 0.2) is 0 Å². The zero-order valence-electron chi connectivity index (χ0n) is 4.05. The number of hydrogen-bond acceptors (Lipinski definition) is 6. The molecule has 0 aliphatic carbocycles. The van der Waals surface area contributed by atoms with Crippen molar-refractivity contribution in [1.82, 2.24) is 0 Å². The Morgan fingerprint density at radius 1 is 0.778 bits per heavy atom. The Hall–Kier alpha value is 1.22. The molecule has 0 saturated heterocycles.